The van der Waals surface area contributed by atoms with Gasteiger partial charge in [-0.15, -0.1) is 11.3 Å². The van der Waals surface area contributed by atoms with Gasteiger partial charge in [-0.05, 0) is 29.1 Å². The van der Waals surface area contributed by atoms with Crippen LogP contribution in [-0.4, -0.2) is 14.7 Å². The predicted octanol–water partition coefficient (Wildman–Crippen LogP) is 2.85. The lowest BCUT2D eigenvalue weighted by Gasteiger charge is -2.12. The molecule has 2 aromatic heterocycles. The average Bonchev–Trinajstić information content (AvgIpc) is 2.92. The van der Waals surface area contributed by atoms with E-state index in [9.17, 15) is 9.90 Å². The second-order valence-corrected chi connectivity index (χ2v) is 5.74. The number of halogens is 1. The molecule has 3 aromatic rings. The third-order valence-corrected chi connectivity index (χ3v) is 4.15. The molecule has 0 aliphatic rings. The lowest BCUT2D eigenvalue weighted by Crippen LogP contribution is -2.23. The highest BCUT2D eigenvalue weighted by atomic mass is 35.5. The van der Waals surface area contributed by atoms with E-state index in [-0.39, 0.29) is 12.1 Å². The van der Waals surface area contributed by atoms with Crippen LogP contribution in [0.1, 0.15) is 11.7 Å². The van der Waals surface area contributed by atoms with Crippen molar-refractivity contribution in [2.45, 2.75) is 12.6 Å². The molecular formula is C14H11ClN2O2S. The van der Waals surface area contributed by atoms with Crippen molar-refractivity contribution in [1.29, 1.82) is 0 Å². The highest BCUT2D eigenvalue weighted by Gasteiger charge is 2.11. The fourth-order valence-corrected chi connectivity index (χ4v) is 2.85. The first-order chi connectivity index (χ1) is 9.65. The van der Waals surface area contributed by atoms with Gasteiger partial charge in [0.15, 0.2) is 0 Å². The van der Waals surface area contributed by atoms with Gasteiger partial charge in [0.2, 0.25) is 0 Å². The zero-order chi connectivity index (χ0) is 14.1. The van der Waals surface area contributed by atoms with E-state index in [1.54, 1.807) is 30.3 Å². The molecule has 1 aromatic carbocycles. The maximum absolute atomic E-state index is 12.2. The number of nitrogens with zero attached hydrogens (tertiary/aromatic N) is 2. The molecule has 1 N–H and O–H groups in total. The molecule has 0 spiro atoms. The highest BCUT2D eigenvalue weighted by Crippen LogP contribution is 2.18. The molecule has 0 saturated carbocycles. The summed E-state index contributed by atoms with van der Waals surface area (Å²) in [5, 5.41) is 13.2. The zero-order valence-corrected chi connectivity index (χ0v) is 11.9. The Balaban J connectivity index is 1.90. The number of aliphatic hydroxyl groups is 1. The first-order valence-corrected chi connectivity index (χ1v) is 7.27. The maximum atomic E-state index is 12.2. The summed E-state index contributed by atoms with van der Waals surface area (Å²) in [7, 11) is 0. The standard InChI is InChI=1S/C14H11ClN2O2S/c15-10-3-1-9(2-4-10)12(18)7-17-8-16-13-11(14(17)19)5-6-20-13/h1-6,8,12,18H,7H2. The largest absolute Gasteiger partial charge is 0.387 e. The van der Waals surface area contributed by atoms with Gasteiger partial charge in [0.05, 0.1) is 24.4 Å². The Morgan fingerprint density at radius 2 is 2.05 bits per heavy atom. The van der Waals surface area contributed by atoms with Crippen LogP contribution in [0.5, 0.6) is 0 Å². The van der Waals surface area contributed by atoms with Crippen LogP contribution in [0.4, 0.5) is 0 Å². The summed E-state index contributed by atoms with van der Waals surface area (Å²) in [5.74, 6) is 0. The molecule has 6 heteroatoms. The van der Waals surface area contributed by atoms with E-state index in [2.05, 4.69) is 4.98 Å². The summed E-state index contributed by atoms with van der Waals surface area (Å²) in [6.45, 7) is 0.166. The van der Waals surface area contributed by atoms with Gasteiger partial charge in [-0.3, -0.25) is 9.36 Å². The van der Waals surface area contributed by atoms with Crippen molar-refractivity contribution in [2.75, 3.05) is 0 Å². The third-order valence-electron chi connectivity index (χ3n) is 3.07. The molecule has 0 aliphatic heterocycles. The van der Waals surface area contributed by atoms with Crippen LogP contribution in [0.3, 0.4) is 0 Å². The molecule has 0 bridgehead atoms. The molecule has 3 rings (SSSR count). The quantitative estimate of drug-likeness (QED) is 0.809. The Labute approximate surface area is 123 Å². The molecule has 102 valence electrons. The monoisotopic (exact) mass is 306 g/mol. The van der Waals surface area contributed by atoms with Crippen LogP contribution in [0.25, 0.3) is 10.2 Å². The van der Waals surface area contributed by atoms with Crippen molar-refractivity contribution in [1.82, 2.24) is 9.55 Å². The van der Waals surface area contributed by atoms with Crippen molar-refractivity contribution in [2.24, 2.45) is 0 Å². The number of benzene rings is 1. The SMILES string of the molecule is O=c1c2ccsc2ncn1CC(O)c1ccc(Cl)cc1. The second kappa shape index (κ2) is 5.36. The van der Waals surface area contributed by atoms with Crippen LogP contribution in [-0.2, 0) is 6.54 Å². The summed E-state index contributed by atoms with van der Waals surface area (Å²) in [5.41, 5.74) is 0.580. The average molecular weight is 307 g/mol. The van der Waals surface area contributed by atoms with Gasteiger partial charge in [-0.2, -0.15) is 0 Å². The summed E-state index contributed by atoms with van der Waals surface area (Å²) in [6.07, 6.45) is 0.697. The Morgan fingerprint density at radius 1 is 1.30 bits per heavy atom. The minimum absolute atomic E-state index is 0.135. The first-order valence-electron chi connectivity index (χ1n) is 6.01. The molecule has 1 atom stereocenters. The van der Waals surface area contributed by atoms with Crippen molar-refractivity contribution < 1.29 is 5.11 Å². The van der Waals surface area contributed by atoms with E-state index in [4.69, 9.17) is 11.6 Å². The second-order valence-electron chi connectivity index (χ2n) is 4.41. The lowest BCUT2D eigenvalue weighted by atomic mass is 10.1. The van der Waals surface area contributed by atoms with Gasteiger partial charge < -0.3 is 5.11 Å². The van der Waals surface area contributed by atoms with Gasteiger partial charge in [-0.1, -0.05) is 23.7 Å². The van der Waals surface area contributed by atoms with Gasteiger partial charge >= 0.3 is 0 Å². The molecule has 0 aliphatic carbocycles. The number of hydrogen-bond acceptors (Lipinski definition) is 4. The molecule has 0 radical (unpaired) electrons. The van der Waals surface area contributed by atoms with E-state index in [1.165, 1.54) is 22.2 Å². The van der Waals surface area contributed by atoms with Crippen LogP contribution < -0.4 is 5.56 Å². The first kappa shape index (κ1) is 13.3. The van der Waals surface area contributed by atoms with Crippen LogP contribution >= 0.6 is 22.9 Å². The Bertz CT molecular complexity index is 795. The summed E-state index contributed by atoms with van der Waals surface area (Å²) >= 11 is 7.23. The molecule has 0 fully saturated rings. The molecule has 0 amide bonds. The van der Waals surface area contributed by atoms with E-state index in [0.717, 1.165) is 0 Å². The summed E-state index contributed by atoms with van der Waals surface area (Å²) in [4.78, 5) is 17.1. The van der Waals surface area contributed by atoms with Gasteiger partial charge in [0.1, 0.15) is 4.83 Å². The zero-order valence-electron chi connectivity index (χ0n) is 10.4. The highest BCUT2D eigenvalue weighted by molar-refractivity contribution is 7.16. The molecular weight excluding hydrogens is 296 g/mol. The molecule has 2 heterocycles. The molecule has 20 heavy (non-hydrogen) atoms. The lowest BCUT2D eigenvalue weighted by molar-refractivity contribution is 0.155. The minimum Gasteiger partial charge on any atom is -0.387 e. The number of aromatic nitrogens is 2. The van der Waals surface area contributed by atoms with E-state index in [0.29, 0.717) is 20.8 Å². The Hall–Kier alpha value is -1.69. The van der Waals surface area contributed by atoms with E-state index in [1.807, 2.05) is 5.38 Å². The molecule has 1 unspecified atom stereocenters. The van der Waals surface area contributed by atoms with E-state index >= 15 is 0 Å². The topological polar surface area (TPSA) is 55.1 Å². The van der Waals surface area contributed by atoms with Crippen molar-refractivity contribution in [3.63, 3.8) is 0 Å². The fraction of sp³-hybridized carbons (Fsp3) is 0.143. The Morgan fingerprint density at radius 3 is 2.80 bits per heavy atom. The number of rotatable bonds is 3. The van der Waals surface area contributed by atoms with E-state index < -0.39 is 6.10 Å². The van der Waals surface area contributed by atoms with Crippen molar-refractivity contribution >= 4 is 33.2 Å². The van der Waals surface area contributed by atoms with Crippen LogP contribution in [0.15, 0.2) is 46.8 Å². The summed E-state index contributed by atoms with van der Waals surface area (Å²) in [6, 6.07) is 8.66. The maximum Gasteiger partial charge on any atom is 0.262 e. The number of thiophene rings is 1. The van der Waals surface area contributed by atoms with Crippen LogP contribution in [0, 0.1) is 0 Å². The van der Waals surface area contributed by atoms with Crippen molar-refractivity contribution in [3.05, 3.63) is 63.0 Å². The third kappa shape index (κ3) is 2.47. The number of fused-ring (bicyclic) bond motifs is 1. The van der Waals surface area contributed by atoms with Gasteiger partial charge in [0.25, 0.3) is 5.56 Å². The van der Waals surface area contributed by atoms with Crippen LogP contribution in [0.2, 0.25) is 5.02 Å². The summed E-state index contributed by atoms with van der Waals surface area (Å²) < 4.78 is 1.42. The minimum atomic E-state index is -0.775. The predicted molar refractivity (Wildman–Crippen MR) is 80.3 cm³/mol. The number of hydrogen-bond donors (Lipinski definition) is 1. The Kier molecular flexibility index (Phi) is 3.56. The molecule has 0 saturated heterocycles. The fourth-order valence-electron chi connectivity index (χ4n) is 2.00. The van der Waals surface area contributed by atoms with Crippen molar-refractivity contribution in [3.8, 4) is 0 Å². The normalized spacial score (nSPS) is 12.7. The smallest absolute Gasteiger partial charge is 0.262 e. The molecule has 4 nitrogen and oxygen atoms in total. The van der Waals surface area contributed by atoms with Gasteiger partial charge in [0, 0.05) is 5.02 Å². The van der Waals surface area contributed by atoms with Gasteiger partial charge in [-0.25, -0.2) is 4.98 Å². The number of aliphatic hydroxyl groups excluding tert-OH is 1.